The molecule has 0 saturated carbocycles. The minimum absolute atomic E-state index is 0.0284. The maximum atomic E-state index is 12.8. The van der Waals surface area contributed by atoms with Gasteiger partial charge in [0.1, 0.15) is 5.75 Å². The van der Waals surface area contributed by atoms with E-state index in [1.54, 1.807) is 18.9 Å². The molecule has 0 unspecified atom stereocenters. The number of carbonyl (C=O) groups excluding carboxylic acids is 1. The van der Waals surface area contributed by atoms with E-state index in [2.05, 4.69) is 28.4 Å². The van der Waals surface area contributed by atoms with E-state index < -0.39 is 0 Å². The van der Waals surface area contributed by atoms with E-state index in [1.165, 1.54) is 23.3 Å². The van der Waals surface area contributed by atoms with Gasteiger partial charge in [0.15, 0.2) is 0 Å². The molecule has 1 saturated heterocycles. The molecule has 4 nitrogen and oxygen atoms in total. The van der Waals surface area contributed by atoms with E-state index in [0.29, 0.717) is 6.54 Å². The molecule has 1 N–H and O–H groups in total. The van der Waals surface area contributed by atoms with Crippen molar-refractivity contribution in [3.8, 4) is 5.75 Å². The number of ether oxygens (including phenoxy) is 1. The van der Waals surface area contributed by atoms with Crippen LogP contribution in [0.3, 0.4) is 0 Å². The van der Waals surface area contributed by atoms with Crippen LogP contribution < -0.4 is 10.1 Å². The number of likely N-dealkylation sites (tertiary alicyclic amines) is 1. The Morgan fingerprint density at radius 3 is 2.70 bits per heavy atom. The molecule has 2 aromatic carbocycles. The first kappa shape index (κ1) is 18.4. The van der Waals surface area contributed by atoms with Crippen molar-refractivity contribution in [2.45, 2.75) is 35.4 Å². The Bertz CT molecular complexity index is 779. The first-order valence-electron chi connectivity index (χ1n) is 9.65. The van der Waals surface area contributed by atoms with Gasteiger partial charge in [0.2, 0.25) is 5.91 Å². The Labute approximate surface area is 165 Å². The van der Waals surface area contributed by atoms with Gasteiger partial charge in [-0.1, -0.05) is 36.4 Å². The van der Waals surface area contributed by atoms with Crippen LogP contribution in [0.4, 0.5) is 0 Å². The number of hydrogen-bond acceptors (Lipinski definition) is 4. The fraction of sp³-hybridized carbons (Fsp3) is 0.409. The number of methoxy groups -OCH3 is 1. The first-order valence-corrected chi connectivity index (χ1v) is 10.5. The molecule has 2 aliphatic heterocycles. The number of nitrogens with one attached hydrogen (secondary N) is 1. The van der Waals surface area contributed by atoms with Crippen LogP contribution in [0.1, 0.15) is 30.0 Å². The summed E-state index contributed by atoms with van der Waals surface area (Å²) in [5, 5.41) is 3.20. The van der Waals surface area contributed by atoms with Crippen LogP contribution in [0, 0.1) is 0 Å². The number of amides is 1. The SMILES string of the molecule is COc1ccccc1[C@H](CNC(=O)[C@H]1Cc2ccccc2S1)N1CCCC1. The number of rotatable bonds is 6. The van der Waals surface area contributed by atoms with Gasteiger partial charge in [0.25, 0.3) is 0 Å². The molecule has 2 heterocycles. The molecular formula is C22H26N2O2S. The number of hydrogen-bond donors (Lipinski definition) is 1. The third kappa shape index (κ3) is 3.99. The van der Waals surface area contributed by atoms with Crippen LogP contribution in [0.15, 0.2) is 53.4 Å². The van der Waals surface area contributed by atoms with E-state index in [-0.39, 0.29) is 17.2 Å². The summed E-state index contributed by atoms with van der Waals surface area (Å²) in [5.41, 5.74) is 2.44. The summed E-state index contributed by atoms with van der Waals surface area (Å²) < 4.78 is 5.59. The largest absolute Gasteiger partial charge is 0.496 e. The summed E-state index contributed by atoms with van der Waals surface area (Å²) >= 11 is 1.68. The molecule has 0 aromatic heterocycles. The van der Waals surface area contributed by atoms with E-state index in [9.17, 15) is 4.79 Å². The first-order chi connectivity index (χ1) is 13.3. The molecule has 1 fully saturated rings. The maximum Gasteiger partial charge on any atom is 0.233 e. The molecular weight excluding hydrogens is 356 g/mol. The van der Waals surface area contributed by atoms with E-state index >= 15 is 0 Å². The van der Waals surface area contributed by atoms with Crippen LogP contribution >= 0.6 is 11.8 Å². The topological polar surface area (TPSA) is 41.6 Å². The second-order valence-electron chi connectivity index (χ2n) is 7.16. The Morgan fingerprint density at radius 2 is 1.93 bits per heavy atom. The molecule has 2 aliphatic rings. The summed E-state index contributed by atoms with van der Waals surface area (Å²) in [4.78, 5) is 16.5. The van der Waals surface area contributed by atoms with Crippen molar-refractivity contribution in [1.82, 2.24) is 10.2 Å². The van der Waals surface area contributed by atoms with Gasteiger partial charge in [-0.15, -0.1) is 11.8 Å². The number of fused-ring (bicyclic) bond motifs is 1. The molecule has 2 aromatic rings. The van der Waals surface area contributed by atoms with Crippen LogP contribution in [-0.4, -0.2) is 42.8 Å². The van der Waals surface area contributed by atoms with Crippen LogP contribution in [0.25, 0.3) is 0 Å². The molecule has 1 amide bonds. The normalized spacial score (nSPS) is 20.3. The average Bonchev–Trinajstić information content (AvgIpc) is 3.38. The standard InChI is InChI=1S/C22H26N2O2S/c1-26-19-10-4-3-9-17(19)18(24-12-6-7-13-24)15-23-22(25)21-14-16-8-2-5-11-20(16)27-21/h2-5,8-11,18,21H,6-7,12-15H2,1H3,(H,23,25)/t18-,21+/m0/s1. The average molecular weight is 383 g/mol. The van der Waals surface area contributed by atoms with E-state index in [1.807, 2.05) is 30.3 Å². The monoisotopic (exact) mass is 382 g/mol. The highest BCUT2D eigenvalue weighted by Crippen LogP contribution is 2.37. The minimum Gasteiger partial charge on any atom is -0.496 e. The predicted octanol–water partition coefficient (Wildman–Crippen LogP) is 3.67. The van der Waals surface area contributed by atoms with Gasteiger partial charge in [-0.05, 0) is 50.0 Å². The number of carbonyl (C=O) groups is 1. The summed E-state index contributed by atoms with van der Waals surface area (Å²) in [6.45, 7) is 2.76. The molecule has 2 atom stereocenters. The van der Waals surface area contributed by atoms with Gasteiger partial charge in [0, 0.05) is 17.0 Å². The molecule has 0 bridgehead atoms. The van der Waals surface area contributed by atoms with Gasteiger partial charge in [-0.3, -0.25) is 9.69 Å². The van der Waals surface area contributed by atoms with Crippen molar-refractivity contribution >= 4 is 17.7 Å². The highest BCUT2D eigenvalue weighted by atomic mass is 32.2. The minimum atomic E-state index is -0.0284. The Balaban J connectivity index is 1.45. The maximum absolute atomic E-state index is 12.8. The van der Waals surface area contributed by atoms with Crippen LogP contribution in [-0.2, 0) is 11.2 Å². The molecule has 4 rings (SSSR count). The van der Waals surface area contributed by atoms with Crippen LogP contribution in [0.2, 0.25) is 0 Å². The molecule has 5 heteroatoms. The Hall–Kier alpha value is -1.98. The number of benzene rings is 2. The highest BCUT2D eigenvalue weighted by molar-refractivity contribution is 8.01. The van der Waals surface area contributed by atoms with Gasteiger partial charge in [0.05, 0.1) is 18.4 Å². The second-order valence-corrected chi connectivity index (χ2v) is 8.41. The van der Waals surface area contributed by atoms with Crippen molar-refractivity contribution < 1.29 is 9.53 Å². The molecule has 0 radical (unpaired) electrons. The third-order valence-corrected chi connectivity index (χ3v) is 6.81. The molecule has 27 heavy (non-hydrogen) atoms. The predicted molar refractivity (Wildman–Crippen MR) is 109 cm³/mol. The lowest BCUT2D eigenvalue weighted by atomic mass is 10.0. The second kappa shape index (κ2) is 8.36. The number of nitrogens with zero attached hydrogens (tertiary/aromatic N) is 1. The molecule has 0 aliphatic carbocycles. The van der Waals surface area contributed by atoms with Crippen molar-refractivity contribution in [3.05, 3.63) is 59.7 Å². The van der Waals surface area contributed by atoms with Gasteiger partial charge in [-0.2, -0.15) is 0 Å². The molecule has 0 spiro atoms. The quantitative estimate of drug-likeness (QED) is 0.828. The van der Waals surface area contributed by atoms with Crippen molar-refractivity contribution in [1.29, 1.82) is 0 Å². The third-order valence-electron chi connectivity index (χ3n) is 5.49. The lowest BCUT2D eigenvalue weighted by molar-refractivity contribution is -0.120. The highest BCUT2D eigenvalue weighted by Gasteiger charge is 2.30. The smallest absolute Gasteiger partial charge is 0.233 e. The summed E-state index contributed by atoms with van der Waals surface area (Å²) in [7, 11) is 1.71. The van der Waals surface area contributed by atoms with Gasteiger partial charge in [-0.25, -0.2) is 0 Å². The van der Waals surface area contributed by atoms with Crippen molar-refractivity contribution in [3.63, 3.8) is 0 Å². The van der Waals surface area contributed by atoms with E-state index in [0.717, 1.165) is 30.8 Å². The van der Waals surface area contributed by atoms with Gasteiger partial charge < -0.3 is 10.1 Å². The Kier molecular flexibility index (Phi) is 5.69. The summed E-state index contributed by atoms with van der Waals surface area (Å²) in [6.07, 6.45) is 3.25. The zero-order chi connectivity index (χ0) is 18.6. The van der Waals surface area contributed by atoms with E-state index in [4.69, 9.17) is 4.74 Å². The number of para-hydroxylation sites is 1. The fourth-order valence-corrected chi connectivity index (χ4v) is 5.29. The van der Waals surface area contributed by atoms with Crippen molar-refractivity contribution in [2.75, 3.05) is 26.7 Å². The number of thioether (sulfide) groups is 1. The zero-order valence-electron chi connectivity index (χ0n) is 15.7. The Morgan fingerprint density at radius 1 is 1.19 bits per heavy atom. The molecule has 142 valence electrons. The van der Waals surface area contributed by atoms with Gasteiger partial charge >= 0.3 is 0 Å². The summed E-state index contributed by atoms with van der Waals surface area (Å²) in [6, 6.07) is 16.6. The zero-order valence-corrected chi connectivity index (χ0v) is 16.5. The lowest BCUT2D eigenvalue weighted by Gasteiger charge is -2.29. The fourth-order valence-electron chi connectivity index (χ4n) is 4.07. The lowest BCUT2D eigenvalue weighted by Crippen LogP contribution is -2.40. The van der Waals surface area contributed by atoms with Crippen molar-refractivity contribution in [2.24, 2.45) is 0 Å². The van der Waals surface area contributed by atoms with Crippen LogP contribution in [0.5, 0.6) is 5.75 Å². The summed E-state index contributed by atoms with van der Waals surface area (Å²) in [5.74, 6) is 1.03.